The smallest absolute Gasteiger partial charge is 0.248 e. The molecule has 0 saturated heterocycles. The Labute approximate surface area is 80.9 Å². The van der Waals surface area contributed by atoms with E-state index >= 15 is 0 Å². The monoisotopic (exact) mass is 195 g/mol. The molecule has 0 heterocycles. The van der Waals surface area contributed by atoms with E-state index in [0.29, 0.717) is 5.69 Å². The van der Waals surface area contributed by atoms with Crippen LogP contribution in [0.3, 0.4) is 0 Å². The van der Waals surface area contributed by atoms with Gasteiger partial charge >= 0.3 is 0 Å². The number of carbonyl (C=O) groups is 1. The zero-order valence-corrected chi connectivity index (χ0v) is 7.40. The maximum Gasteiger partial charge on any atom is 0.248 e. The molecule has 1 aromatic rings. The molecule has 4 heteroatoms. The van der Waals surface area contributed by atoms with Gasteiger partial charge in [0.1, 0.15) is 5.82 Å². The van der Waals surface area contributed by atoms with E-state index in [9.17, 15) is 9.18 Å². The van der Waals surface area contributed by atoms with Crippen LogP contribution in [0.1, 0.15) is 0 Å². The summed E-state index contributed by atoms with van der Waals surface area (Å²) in [4.78, 5) is 11.1. The largest absolute Gasteiger partial charge is 0.392 e. The van der Waals surface area contributed by atoms with Crippen LogP contribution in [0, 0.1) is 5.82 Å². The summed E-state index contributed by atoms with van der Waals surface area (Å²) in [6.07, 6.45) is 2.53. The molecule has 0 aliphatic heterocycles. The maximum atomic E-state index is 12.5. The van der Waals surface area contributed by atoms with Crippen LogP contribution in [-0.4, -0.2) is 17.6 Å². The minimum Gasteiger partial charge on any atom is -0.392 e. The maximum absolute atomic E-state index is 12.5. The molecule has 0 spiro atoms. The van der Waals surface area contributed by atoms with E-state index in [2.05, 4.69) is 5.32 Å². The van der Waals surface area contributed by atoms with Gasteiger partial charge in [-0.05, 0) is 24.3 Å². The fraction of sp³-hybridized carbons (Fsp3) is 0.100. The van der Waals surface area contributed by atoms with Crippen LogP contribution >= 0.6 is 0 Å². The van der Waals surface area contributed by atoms with Crippen LogP contribution in [0.15, 0.2) is 36.4 Å². The van der Waals surface area contributed by atoms with Gasteiger partial charge in [-0.3, -0.25) is 4.79 Å². The van der Waals surface area contributed by atoms with E-state index in [4.69, 9.17) is 5.11 Å². The Kier molecular flexibility index (Phi) is 3.82. The van der Waals surface area contributed by atoms with Gasteiger partial charge in [0.2, 0.25) is 5.91 Å². The number of hydrogen-bond donors (Lipinski definition) is 2. The molecule has 1 amide bonds. The Morgan fingerprint density at radius 2 is 2.07 bits per heavy atom. The molecule has 0 radical (unpaired) electrons. The van der Waals surface area contributed by atoms with Crippen molar-refractivity contribution >= 4 is 11.6 Å². The highest BCUT2D eigenvalue weighted by atomic mass is 19.1. The van der Waals surface area contributed by atoms with Gasteiger partial charge in [0, 0.05) is 11.8 Å². The zero-order valence-electron chi connectivity index (χ0n) is 7.40. The first-order valence-corrected chi connectivity index (χ1v) is 4.06. The number of halogens is 1. The number of hydrogen-bond acceptors (Lipinski definition) is 2. The minimum absolute atomic E-state index is 0.184. The summed E-state index contributed by atoms with van der Waals surface area (Å²) in [6, 6.07) is 5.43. The second-order valence-corrected chi connectivity index (χ2v) is 2.58. The van der Waals surface area contributed by atoms with Crippen molar-refractivity contribution in [2.75, 3.05) is 11.9 Å². The van der Waals surface area contributed by atoms with Crippen molar-refractivity contribution in [2.24, 2.45) is 0 Å². The third-order valence-corrected chi connectivity index (χ3v) is 1.49. The van der Waals surface area contributed by atoms with Crippen LogP contribution in [0.4, 0.5) is 10.1 Å². The first-order valence-electron chi connectivity index (χ1n) is 4.06. The molecule has 14 heavy (non-hydrogen) atoms. The predicted molar refractivity (Wildman–Crippen MR) is 51.3 cm³/mol. The highest BCUT2D eigenvalue weighted by Crippen LogP contribution is 2.07. The zero-order chi connectivity index (χ0) is 10.4. The lowest BCUT2D eigenvalue weighted by atomic mass is 10.3. The molecule has 74 valence electrons. The van der Waals surface area contributed by atoms with Crippen molar-refractivity contribution in [1.82, 2.24) is 0 Å². The fourth-order valence-corrected chi connectivity index (χ4v) is 0.877. The number of amides is 1. The molecule has 0 aliphatic carbocycles. The standard InChI is InChI=1S/C10H10FNO2/c11-8-3-5-9(6-4-8)12-10(14)2-1-7-13/h1-6,13H,7H2,(H,12,14)/b2-1+. The van der Waals surface area contributed by atoms with Gasteiger partial charge in [-0.25, -0.2) is 4.39 Å². The topological polar surface area (TPSA) is 49.3 Å². The van der Waals surface area contributed by atoms with Gasteiger partial charge in [0.05, 0.1) is 6.61 Å². The average Bonchev–Trinajstić information content (AvgIpc) is 2.18. The number of anilines is 1. The van der Waals surface area contributed by atoms with E-state index in [1.54, 1.807) is 0 Å². The lowest BCUT2D eigenvalue weighted by molar-refractivity contribution is -0.111. The summed E-state index contributed by atoms with van der Waals surface area (Å²) in [5.74, 6) is -0.709. The summed E-state index contributed by atoms with van der Waals surface area (Å²) in [5, 5.41) is 10.9. The van der Waals surface area contributed by atoms with Gasteiger partial charge in [-0.1, -0.05) is 6.08 Å². The first-order chi connectivity index (χ1) is 6.72. The van der Waals surface area contributed by atoms with E-state index in [1.165, 1.54) is 36.4 Å². The molecular weight excluding hydrogens is 185 g/mol. The van der Waals surface area contributed by atoms with E-state index < -0.39 is 0 Å². The van der Waals surface area contributed by atoms with Gasteiger partial charge in [-0.2, -0.15) is 0 Å². The number of aliphatic hydroxyl groups is 1. The highest BCUT2D eigenvalue weighted by Gasteiger charge is 1.96. The van der Waals surface area contributed by atoms with Gasteiger partial charge in [-0.15, -0.1) is 0 Å². The molecular formula is C10H10FNO2. The van der Waals surface area contributed by atoms with Crippen molar-refractivity contribution in [3.63, 3.8) is 0 Å². The van der Waals surface area contributed by atoms with Crippen molar-refractivity contribution in [3.05, 3.63) is 42.2 Å². The SMILES string of the molecule is O=C(/C=C/CO)Nc1ccc(F)cc1. The Hall–Kier alpha value is -1.68. The van der Waals surface area contributed by atoms with E-state index in [0.717, 1.165) is 0 Å². The number of benzene rings is 1. The third-order valence-electron chi connectivity index (χ3n) is 1.49. The molecule has 1 aromatic carbocycles. The summed E-state index contributed by atoms with van der Waals surface area (Å²) >= 11 is 0. The Balaban J connectivity index is 2.56. The van der Waals surface area contributed by atoms with E-state index in [-0.39, 0.29) is 18.3 Å². The second-order valence-electron chi connectivity index (χ2n) is 2.58. The lowest BCUT2D eigenvalue weighted by Crippen LogP contribution is -2.07. The highest BCUT2D eigenvalue weighted by molar-refractivity contribution is 5.99. The van der Waals surface area contributed by atoms with Crippen LogP contribution in [-0.2, 0) is 4.79 Å². The molecule has 0 saturated carbocycles. The van der Waals surface area contributed by atoms with Crippen LogP contribution in [0.5, 0.6) is 0 Å². The van der Waals surface area contributed by atoms with Gasteiger partial charge < -0.3 is 10.4 Å². The first kappa shape index (κ1) is 10.4. The Bertz CT molecular complexity index is 332. The summed E-state index contributed by atoms with van der Waals surface area (Å²) in [6.45, 7) is -0.184. The fourth-order valence-electron chi connectivity index (χ4n) is 0.877. The lowest BCUT2D eigenvalue weighted by Gasteiger charge is -2.00. The van der Waals surface area contributed by atoms with Crippen molar-refractivity contribution in [3.8, 4) is 0 Å². The molecule has 1 rings (SSSR count). The molecule has 0 bridgehead atoms. The Morgan fingerprint density at radius 1 is 1.43 bits per heavy atom. The van der Waals surface area contributed by atoms with Crippen LogP contribution in [0.2, 0.25) is 0 Å². The molecule has 0 atom stereocenters. The molecule has 0 aliphatic rings. The number of aliphatic hydroxyl groups excluding tert-OH is 1. The quantitative estimate of drug-likeness (QED) is 0.714. The van der Waals surface area contributed by atoms with Crippen molar-refractivity contribution in [2.45, 2.75) is 0 Å². The van der Waals surface area contributed by atoms with Gasteiger partial charge in [0.15, 0.2) is 0 Å². The third kappa shape index (κ3) is 3.37. The normalized spacial score (nSPS) is 10.4. The number of rotatable bonds is 3. The molecule has 0 fully saturated rings. The van der Waals surface area contributed by atoms with Crippen molar-refractivity contribution < 1.29 is 14.3 Å². The summed E-state index contributed by atoms with van der Waals surface area (Å²) in [7, 11) is 0. The second kappa shape index (κ2) is 5.14. The predicted octanol–water partition coefficient (Wildman–Crippen LogP) is 1.31. The number of carbonyl (C=O) groups excluding carboxylic acids is 1. The number of nitrogens with one attached hydrogen (secondary N) is 1. The van der Waals surface area contributed by atoms with E-state index in [1.807, 2.05) is 0 Å². The van der Waals surface area contributed by atoms with Gasteiger partial charge in [0.25, 0.3) is 0 Å². The molecule has 2 N–H and O–H groups in total. The molecule has 3 nitrogen and oxygen atoms in total. The summed E-state index contributed by atoms with van der Waals surface area (Å²) < 4.78 is 12.5. The van der Waals surface area contributed by atoms with Crippen LogP contribution < -0.4 is 5.32 Å². The minimum atomic E-state index is -0.356. The molecule has 0 aromatic heterocycles. The summed E-state index contributed by atoms with van der Waals surface area (Å²) in [5.41, 5.74) is 0.513. The Morgan fingerprint density at radius 3 is 2.64 bits per heavy atom. The van der Waals surface area contributed by atoms with Crippen LogP contribution in [0.25, 0.3) is 0 Å². The van der Waals surface area contributed by atoms with Crippen molar-refractivity contribution in [1.29, 1.82) is 0 Å². The average molecular weight is 195 g/mol. The molecule has 0 unspecified atom stereocenters.